The van der Waals surface area contributed by atoms with Crippen LogP contribution >= 0.6 is 0 Å². The van der Waals surface area contributed by atoms with Gasteiger partial charge in [0, 0.05) is 19.6 Å². The minimum Gasteiger partial charge on any atom is -0.395 e. The van der Waals surface area contributed by atoms with E-state index in [0.29, 0.717) is 12.0 Å². The third-order valence-corrected chi connectivity index (χ3v) is 3.49. The predicted octanol–water partition coefficient (Wildman–Crippen LogP) is 0.0542. The summed E-state index contributed by atoms with van der Waals surface area (Å²) in [5.41, 5.74) is 0.549. The lowest BCUT2D eigenvalue weighted by Crippen LogP contribution is -2.42. The number of β-amino-alcohol motifs (C(OH)–C–C–N with tert-alkyl or cyclic N) is 1. The fourth-order valence-corrected chi connectivity index (χ4v) is 2.74. The van der Waals surface area contributed by atoms with Gasteiger partial charge in [-0.15, -0.1) is 0 Å². The summed E-state index contributed by atoms with van der Waals surface area (Å²) in [6, 6.07) is 0. The van der Waals surface area contributed by atoms with E-state index in [9.17, 15) is 0 Å². The Morgan fingerprint density at radius 3 is 3.00 bits per heavy atom. The molecule has 2 aliphatic heterocycles. The van der Waals surface area contributed by atoms with Gasteiger partial charge in [0.25, 0.3) is 0 Å². The van der Waals surface area contributed by atoms with E-state index in [1.807, 2.05) is 0 Å². The number of hydrogen-bond donors (Lipinski definition) is 2. The van der Waals surface area contributed by atoms with Crippen molar-refractivity contribution in [3.63, 3.8) is 0 Å². The summed E-state index contributed by atoms with van der Waals surface area (Å²) in [6.07, 6.45) is 4.02. The Kier molecular flexibility index (Phi) is 2.86. The van der Waals surface area contributed by atoms with Crippen LogP contribution in [0, 0.1) is 5.41 Å². The number of aliphatic hydroxyl groups excluding tert-OH is 1. The van der Waals surface area contributed by atoms with Crippen molar-refractivity contribution in [1.29, 1.82) is 0 Å². The lowest BCUT2D eigenvalue weighted by atomic mass is 9.80. The van der Waals surface area contributed by atoms with Gasteiger partial charge < -0.3 is 15.3 Å². The van der Waals surface area contributed by atoms with Crippen LogP contribution in [0.2, 0.25) is 0 Å². The van der Waals surface area contributed by atoms with Crippen LogP contribution in [0.4, 0.5) is 0 Å². The molecule has 0 aromatic carbocycles. The van der Waals surface area contributed by atoms with Crippen LogP contribution in [0.15, 0.2) is 0 Å². The zero-order valence-corrected chi connectivity index (χ0v) is 8.26. The molecular weight excluding hydrogens is 164 g/mol. The van der Waals surface area contributed by atoms with Gasteiger partial charge in [0.15, 0.2) is 0 Å². The summed E-state index contributed by atoms with van der Waals surface area (Å²) in [4.78, 5) is 2.40. The standard InChI is InChI=1S/C10H20N2O/c13-7-6-12-5-3-10(9-12)2-1-4-11-8-10/h11,13H,1-9H2/t10-/m1/s1. The van der Waals surface area contributed by atoms with Gasteiger partial charge in [0.2, 0.25) is 0 Å². The van der Waals surface area contributed by atoms with Crippen molar-refractivity contribution in [1.82, 2.24) is 10.2 Å². The molecule has 1 spiro atoms. The molecule has 0 unspecified atom stereocenters. The second kappa shape index (κ2) is 3.95. The minimum absolute atomic E-state index is 0.309. The molecular formula is C10H20N2O. The molecule has 3 heteroatoms. The van der Waals surface area contributed by atoms with Crippen LogP contribution < -0.4 is 5.32 Å². The first-order chi connectivity index (χ1) is 6.35. The van der Waals surface area contributed by atoms with Crippen LogP contribution in [0.5, 0.6) is 0 Å². The maximum Gasteiger partial charge on any atom is 0.0558 e. The first kappa shape index (κ1) is 9.44. The van der Waals surface area contributed by atoms with Crippen molar-refractivity contribution in [2.24, 2.45) is 5.41 Å². The van der Waals surface area contributed by atoms with E-state index in [4.69, 9.17) is 5.11 Å². The first-order valence-corrected chi connectivity index (χ1v) is 5.39. The summed E-state index contributed by atoms with van der Waals surface area (Å²) in [5.74, 6) is 0. The van der Waals surface area contributed by atoms with Gasteiger partial charge >= 0.3 is 0 Å². The van der Waals surface area contributed by atoms with Crippen LogP contribution in [0.25, 0.3) is 0 Å². The molecule has 2 N–H and O–H groups in total. The smallest absolute Gasteiger partial charge is 0.0558 e. The van der Waals surface area contributed by atoms with Crippen LogP contribution in [-0.4, -0.2) is 49.3 Å². The molecule has 3 nitrogen and oxygen atoms in total. The Labute approximate surface area is 80.1 Å². The molecule has 2 heterocycles. The highest BCUT2D eigenvalue weighted by Crippen LogP contribution is 2.35. The molecule has 2 saturated heterocycles. The van der Waals surface area contributed by atoms with E-state index in [-0.39, 0.29) is 0 Å². The SMILES string of the molecule is OCCN1CC[C@@]2(CCCNC2)C1. The lowest BCUT2D eigenvalue weighted by molar-refractivity contribution is 0.178. The van der Waals surface area contributed by atoms with Gasteiger partial charge in [-0.3, -0.25) is 0 Å². The van der Waals surface area contributed by atoms with E-state index in [1.54, 1.807) is 0 Å². The quantitative estimate of drug-likeness (QED) is 0.637. The fraction of sp³-hybridized carbons (Fsp3) is 1.00. The zero-order valence-electron chi connectivity index (χ0n) is 8.26. The number of nitrogens with zero attached hydrogens (tertiary/aromatic N) is 1. The second-order valence-corrected chi connectivity index (χ2v) is 4.53. The third kappa shape index (κ3) is 2.03. The van der Waals surface area contributed by atoms with Crippen molar-refractivity contribution in [2.45, 2.75) is 19.3 Å². The number of rotatable bonds is 2. The average molecular weight is 184 g/mol. The lowest BCUT2D eigenvalue weighted by Gasteiger charge is -2.33. The van der Waals surface area contributed by atoms with Gasteiger partial charge in [0.1, 0.15) is 0 Å². The van der Waals surface area contributed by atoms with Crippen molar-refractivity contribution in [3.8, 4) is 0 Å². The molecule has 0 bridgehead atoms. The average Bonchev–Trinajstić information content (AvgIpc) is 2.51. The Hall–Kier alpha value is -0.120. The van der Waals surface area contributed by atoms with Crippen molar-refractivity contribution in [3.05, 3.63) is 0 Å². The van der Waals surface area contributed by atoms with E-state index in [2.05, 4.69) is 10.2 Å². The highest BCUT2D eigenvalue weighted by molar-refractivity contribution is 4.93. The number of hydrogen-bond acceptors (Lipinski definition) is 3. The van der Waals surface area contributed by atoms with Gasteiger partial charge in [0.05, 0.1) is 6.61 Å². The van der Waals surface area contributed by atoms with Gasteiger partial charge in [-0.1, -0.05) is 0 Å². The molecule has 0 saturated carbocycles. The largest absolute Gasteiger partial charge is 0.395 e. The predicted molar refractivity (Wildman–Crippen MR) is 52.7 cm³/mol. The Morgan fingerprint density at radius 1 is 1.38 bits per heavy atom. The Bertz CT molecular complexity index is 166. The Balaban J connectivity index is 1.87. The summed E-state index contributed by atoms with van der Waals surface area (Å²) in [6.45, 7) is 5.94. The maximum atomic E-state index is 8.86. The van der Waals surface area contributed by atoms with E-state index in [0.717, 1.165) is 6.54 Å². The molecule has 2 aliphatic rings. The number of likely N-dealkylation sites (tertiary alicyclic amines) is 1. The highest BCUT2D eigenvalue weighted by Gasteiger charge is 2.38. The van der Waals surface area contributed by atoms with Crippen LogP contribution in [0.1, 0.15) is 19.3 Å². The van der Waals surface area contributed by atoms with Crippen molar-refractivity contribution < 1.29 is 5.11 Å². The third-order valence-electron chi connectivity index (χ3n) is 3.49. The molecule has 13 heavy (non-hydrogen) atoms. The molecule has 0 aromatic rings. The molecule has 1 atom stereocenters. The molecule has 0 radical (unpaired) electrons. The second-order valence-electron chi connectivity index (χ2n) is 4.53. The van der Waals surface area contributed by atoms with Gasteiger partial charge in [-0.25, -0.2) is 0 Å². The monoisotopic (exact) mass is 184 g/mol. The van der Waals surface area contributed by atoms with Crippen molar-refractivity contribution in [2.75, 3.05) is 39.3 Å². The van der Waals surface area contributed by atoms with Gasteiger partial charge in [-0.2, -0.15) is 0 Å². The summed E-state index contributed by atoms with van der Waals surface area (Å²) in [7, 11) is 0. The molecule has 0 amide bonds. The zero-order chi connectivity index (χ0) is 9.15. The maximum absolute atomic E-state index is 8.86. The van der Waals surface area contributed by atoms with Crippen LogP contribution in [0.3, 0.4) is 0 Å². The van der Waals surface area contributed by atoms with Crippen LogP contribution in [-0.2, 0) is 0 Å². The number of nitrogens with one attached hydrogen (secondary N) is 1. The summed E-state index contributed by atoms with van der Waals surface area (Å²) < 4.78 is 0. The molecule has 2 rings (SSSR count). The highest BCUT2D eigenvalue weighted by atomic mass is 16.3. The Morgan fingerprint density at radius 2 is 2.31 bits per heavy atom. The van der Waals surface area contributed by atoms with Gasteiger partial charge in [-0.05, 0) is 37.8 Å². The van der Waals surface area contributed by atoms with E-state index < -0.39 is 0 Å². The summed E-state index contributed by atoms with van der Waals surface area (Å²) >= 11 is 0. The molecule has 0 aliphatic carbocycles. The number of aliphatic hydroxyl groups is 1. The molecule has 76 valence electrons. The first-order valence-electron chi connectivity index (χ1n) is 5.39. The number of piperidine rings is 1. The molecule has 0 aromatic heterocycles. The van der Waals surface area contributed by atoms with E-state index in [1.165, 1.54) is 45.4 Å². The minimum atomic E-state index is 0.309. The summed E-state index contributed by atoms with van der Waals surface area (Å²) in [5, 5.41) is 12.3. The fourth-order valence-electron chi connectivity index (χ4n) is 2.74. The van der Waals surface area contributed by atoms with E-state index >= 15 is 0 Å². The topological polar surface area (TPSA) is 35.5 Å². The normalized spacial score (nSPS) is 35.8. The molecule has 2 fully saturated rings. The van der Waals surface area contributed by atoms with Crippen molar-refractivity contribution >= 4 is 0 Å².